The Morgan fingerprint density at radius 2 is 1.86 bits per heavy atom. The van der Waals surface area contributed by atoms with Crippen LogP contribution in [0.2, 0.25) is 0 Å². The van der Waals surface area contributed by atoms with E-state index >= 15 is 0 Å². The van der Waals surface area contributed by atoms with E-state index < -0.39 is 5.54 Å². The lowest BCUT2D eigenvalue weighted by molar-refractivity contribution is -0.120. The molecular formula is C28H36N4O3. The van der Waals surface area contributed by atoms with Crippen molar-refractivity contribution in [3.63, 3.8) is 0 Å². The molecule has 4 aliphatic rings. The standard InChI is InChI=1S/C28H36N4O3/c1-18(34)31-27(2,3)9-10-32-25(20-7-5-4-6-8-20)23(16-29-32)26(35)30-24-21-11-19-12-22(24)15-28(13-19,14-21)17-33/h4-10,16,19,21-22,24,33H,11-15,17H2,1-3H3,(H,30,35)(H,31,34)/b10-9+. The van der Waals surface area contributed by atoms with Gasteiger partial charge in [0.15, 0.2) is 0 Å². The summed E-state index contributed by atoms with van der Waals surface area (Å²) in [7, 11) is 0. The summed E-state index contributed by atoms with van der Waals surface area (Å²) in [5.74, 6) is 1.35. The third kappa shape index (κ3) is 4.66. The summed E-state index contributed by atoms with van der Waals surface area (Å²) in [5, 5.41) is 20.9. The first-order chi connectivity index (χ1) is 16.7. The van der Waals surface area contributed by atoms with Crippen LogP contribution in [-0.4, -0.2) is 44.9 Å². The Bertz CT molecular complexity index is 1120. The van der Waals surface area contributed by atoms with Crippen molar-refractivity contribution in [3.8, 4) is 11.3 Å². The topological polar surface area (TPSA) is 96.2 Å². The number of hydrogen-bond donors (Lipinski definition) is 3. The molecule has 186 valence electrons. The van der Waals surface area contributed by atoms with E-state index in [1.807, 2.05) is 56.5 Å². The molecule has 2 atom stereocenters. The number of hydrogen-bond acceptors (Lipinski definition) is 4. The van der Waals surface area contributed by atoms with Gasteiger partial charge in [-0.05, 0) is 75.2 Å². The molecule has 0 radical (unpaired) electrons. The zero-order valence-electron chi connectivity index (χ0n) is 20.8. The molecule has 7 nitrogen and oxygen atoms in total. The highest BCUT2D eigenvalue weighted by Crippen LogP contribution is 2.59. The molecule has 1 heterocycles. The lowest BCUT2D eigenvalue weighted by Gasteiger charge is -2.59. The van der Waals surface area contributed by atoms with Crippen molar-refractivity contribution in [3.05, 3.63) is 48.2 Å². The number of nitrogens with one attached hydrogen (secondary N) is 2. The fraction of sp³-hybridized carbons (Fsp3) is 0.536. The van der Waals surface area contributed by atoms with Crippen LogP contribution in [0.25, 0.3) is 17.5 Å². The quantitative estimate of drug-likeness (QED) is 0.566. The maximum absolute atomic E-state index is 13.6. The summed E-state index contributed by atoms with van der Waals surface area (Å²) in [6.07, 6.45) is 10.8. The van der Waals surface area contributed by atoms with Gasteiger partial charge in [0.05, 0.1) is 23.0 Å². The minimum Gasteiger partial charge on any atom is -0.396 e. The summed E-state index contributed by atoms with van der Waals surface area (Å²) in [5.41, 5.74) is 1.69. The summed E-state index contributed by atoms with van der Waals surface area (Å²) in [6, 6.07) is 9.96. The van der Waals surface area contributed by atoms with Crippen molar-refractivity contribution in [2.45, 2.75) is 64.5 Å². The molecule has 4 saturated carbocycles. The number of aromatic nitrogens is 2. The molecule has 3 N–H and O–H groups in total. The molecule has 4 bridgehead atoms. The third-order valence-corrected chi connectivity index (χ3v) is 8.25. The second-order valence-electron chi connectivity index (χ2n) is 11.6. The van der Waals surface area contributed by atoms with Crippen LogP contribution in [-0.2, 0) is 4.79 Å². The van der Waals surface area contributed by atoms with Crippen molar-refractivity contribution in [2.24, 2.45) is 23.2 Å². The van der Waals surface area contributed by atoms with Crippen molar-refractivity contribution < 1.29 is 14.7 Å². The first kappa shape index (κ1) is 23.8. The Morgan fingerprint density at radius 1 is 1.17 bits per heavy atom. The van der Waals surface area contributed by atoms with Crippen LogP contribution in [0.1, 0.15) is 63.2 Å². The second kappa shape index (κ2) is 8.94. The lowest BCUT2D eigenvalue weighted by atomic mass is 9.48. The number of benzene rings is 1. The Labute approximate surface area is 207 Å². The minimum atomic E-state index is -0.558. The van der Waals surface area contributed by atoms with E-state index in [2.05, 4.69) is 15.7 Å². The summed E-state index contributed by atoms with van der Waals surface area (Å²) in [4.78, 5) is 25.2. The van der Waals surface area contributed by atoms with Gasteiger partial charge in [0.25, 0.3) is 5.91 Å². The predicted octanol–water partition coefficient (Wildman–Crippen LogP) is 3.85. The molecule has 0 saturated heterocycles. The van der Waals surface area contributed by atoms with Gasteiger partial charge in [0.1, 0.15) is 0 Å². The highest BCUT2D eigenvalue weighted by atomic mass is 16.3. The fourth-order valence-electron chi connectivity index (χ4n) is 7.13. The summed E-state index contributed by atoms with van der Waals surface area (Å²) < 4.78 is 1.71. The van der Waals surface area contributed by atoms with E-state index in [0.29, 0.717) is 23.3 Å². The van der Waals surface area contributed by atoms with E-state index in [1.54, 1.807) is 10.9 Å². The zero-order chi connectivity index (χ0) is 24.8. The van der Waals surface area contributed by atoms with Gasteiger partial charge in [-0.3, -0.25) is 9.59 Å². The molecule has 0 spiro atoms. The van der Waals surface area contributed by atoms with E-state index in [-0.39, 0.29) is 29.9 Å². The number of carbonyl (C=O) groups excluding carboxylic acids is 2. The van der Waals surface area contributed by atoms with E-state index in [4.69, 9.17) is 0 Å². The number of carbonyl (C=O) groups is 2. The molecule has 0 aliphatic heterocycles. The maximum Gasteiger partial charge on any atom is 0.255 e. The number of nitrogens with zero attached hydrogens (tertiary/aromatic N) is 2. The Hall–Kier alpha value is -2.93. The summed E-state index contributed by atoms with van der Waals surface area (Å²) >= 11 is 0. The highest BCUT2D eigenvalue weighted by Gasteiger charge is 2.55. The maximum atomic E-state index is 13.6. The fourth-order valence-corrected chi connectivity index (χ4v) is 7.13. The van der Waals surface area contributed by atoms with Crippen LogP contribution >= 0.6 is 0 Å². The van der Waals surface area contributed by atoms with E-state index in [9.17, 15) is 14.7 Å². The van der Waals surface area contributed by atoms with Crippen molar-refractivity contribution in [1.82, 2.24) is 20.4 Å². The van der Waals surface area contributed by atoms with Crippen LogP contribution in [0.5, 0.6) is 0 Å². The lowest BCUT2D eigenvalue weighted by Crippen LogP contribution is -2.60. The van der Waals surface area contributed by atoms with Gasteiger partial charge in [-0.15, -0.1) is 0 Å². The van der Waals surface area contributed by atoms with Crippen molar-refractivity contribution in [2.75, 3.05) is 6.61 Å². The predicted molar refractivity (Wildman–Crippen MR) is 135 cm³/mol. The average Bonchev–Trinajstić information content (AvgIpc) is 3.24. The Kier molecular flexibility index (Phi) is 6.08. The molecule has 4 fully saturated rings. The first-order valence-electron chi connectivity index (χ1n) is 12.7. The van der Waals surface area contributed by atoms with Crippen molar-refractivity contribution >= 4 is 18.0 Å². The monoisotopic (exact) mass is 476 g/mol. The SMILES string of the molecule is CC(=O)NC(C)(C)/C=C/n1ncc(C(=O)NC2C3CC4CC2CC(CO)(C4)C3)c1-c1ccccc1. The molecule has 4 aliphatic carbocycles. The second-order valence-corrected chi connectivity index (χ2v) is 11.6. The van der Waals surface area contributed by atoms with Crippen LogP contribution in [0.15, 0.2) is 42.6 Å². The van der Waals surface area contributed by atoms with E-state index in [0.717, 1.165) is 43.4 Å². The van der Waals surface area contributed by atoms with E-state index in [1.165, 1.54) is 6.92 Å². The van der Waals surface area contributed by atoms with Crippen LogP contribution < -0.4 is 10.6 Å². The minimum absolute atomic E-state index is 0.0727. The van der Waals surface area contributed by atoms with Crippen molar-refractivity contribution in [1.29, 1.82) is 0 Å². The van der Waals surface area contributed by atoms with Gasteiger partial charge in [-0.1, -0.05) is 30.3 Å². The molecule has 1 aromatic heterocycles. The number of aliphatic hydroxyl groups is 1. The van der Waals surface area contributed by atoms with Gasteiger partial charge in [-0.25, -0.2) is 4.68 Å². The Morgan fingerprint density at radius 3 is 2.49 bits per heavy atom. The number of rotatable bonds is 7. The van der Waals surface area contributed by atoms with Crippen LogP contribution in [0.4, 0.5) is 0 Å². The largest absolute Gasteiger partial charge is 0.396 e. The van der Waals surface area contributed by atoms with Crippen LogP contribution in [0.3, 0.4) is 0 Å². The smallest absolute Gasteiger partial charge is 0.255 e. The van der Waals surface area contributed by atoms with Gasteiger partial charge < -0.3 is 15.7 Å². The third-order valence-electron chi connectivity index (χ3n) is 8.25. The van der Waals surface area contributed by atoms with Gasteiger partial charge >= 0.3 is 0 Å². The van der Waals surface area contributed by atoms with Gasteiger partial charge in [0.2, 0.25) is 5.91 Å². The van der Waals surface area contributed by atoms with Gasteiger partial charge in [0, 0.05) is 31.3 Å². The molecule has 7 heteroatoms. The normalized spacial score (nSPS) is 29.5. The zero-order valence-corrected chi connectivity index (χ0v) is 20.8. The summed E-state index contributed by atoms with van der Waals surface area (Å²) in [6.45, 7) is 5.59. The first-order valence-corrected chi connectivity index (χ1v) is 12.7. The Balaban J connectivity index is 1.42. The molecule has 1 aromatic carbocycles. The number of amides is 2. The van der Waals surface area contributed by atoms with Gasteiger partial charge in [-0.2, -0.15) is 5.10 Å². The average molecular weight is 477 g/mol. The number of aliphatic hydroxyl groups excluding tert-OH is 1. The molecule has 35 heavy (non-hydrogen) atoms. The molecule has 2 amide bonds. The molecular weight excluding hydrogens is 440 g/mol. The van der Waals surface area contributed by atoms with Crippen LogP contribution in [0, 0.1) is 23.2 Å². The molecule has 2 aromatic rings. The molecule has 6 rings (SSSR count). The highest BCUT2D eigenvalue weighted by molar-refractivity contribution is 6.00. The molecule has 2 unspecified atom stereocenters.